The van der Waals surface area contributed by atoms with E-state index in [2.05, 4.69) is 0 Å². The average molecular weight is 403 g/mol. The molecule has 0 heterocycles. The van der Waals surface area contributed by atoms with Crippen LogP contribution >= 0.6 is 0 Å². The number of aryl methyl sites for hydroxylation is 1. The molecule has 0 fully saturated rings. The molecule has 2 aromatic rings. The van der Waals surface area contributed by atoms with E-state index in [9.17, 15) is 35.9 Å². The Labute approximate surface area is 156 Å². The predicted octanol–water partition coefficient (Wildman–Crippen LogP) is 5.63. The number of hydrogen-bond acceptors (Lipinski definition) is 2. The molecule has 0 radical (unpaired) electrons. The van der Waals surface area contributed by atoms with Crippen LogP contribution in [0.4, 0.5) is 32.0 Å². The number of nitrogens with one attached hydrogen (secondary N) is 1. The van der Waals surface area contributed by atoms with E-state index in [-0.39, 0.29) is 24.7 Å². The van der Waals surface area contributed by atoms with Gasteiger partial charge in [-0.3, -0.25) is 9.59 Å². The molecule has 150 valence electrons. The van der Waals surface area contributed by atoms with Crippen LogP contribution in [0.25, 0.3) is 0 Å². The lowest BCUT2D eigenvalue weighted by Crippen LogP contribution is -2.16. The first-order chi connectivity index (χ1) is 12.9. The fourth-order valence-electron chi connectivity index (χ4n) is 2.36. The molecule has 0 saturated carbocycles. The number of hydrogen-bond donors (Lipinski definition) is 1. The van der Waals surface area contributed by atoms with Crippen LogP contribution in [0.15, 0.2) is 42.5 Å². The van der Waals surface area contributed by atoms with Crippen LogP contribution in [0.3, 0.4) is 0 Å². The highest BCUT2D eigenvalue weighted by molar-refractivity contribution is 6.00. The second-order valence-corrected chi connectivity index (χ2v) is 6.13. The normalized spacial score (nSPS) is 12.0. The van der Waals surface area contributed by atoms with Gasteiger partial charge in [0.15, 0.2) is 5.78 Å². The highest BCUT2D eigenvalue weighted by atomic mass is 19.4. The number of anilines is 1. The quantitative estimate of drug-likeness (QED) is 0.519. The Morgan fingerprint density at radius 3 is 1.79 bits per heavy atom. The fourth-order valence-corrected chi connectivity index (χ4v) is 2.36. The van der Waals surface area contributed by atoms with E-state index in [4.69, 9.17) is 0 Å². The van der Waals surface area contributed by atoms with Gasteiger partial charge in [0.25, 0.3) is 0 Å². The van der Waals surface area contributed by atoms with Crippen LogP contribution in [0, 0.1) is 6.92 Å². The van der Waals surface area contributed by atoms with Crippen molar-refractivity contribution in [1.29, 1.82) is 0 Å². The molecule has 2 rings (SSSR count). The van der Waals surface area contributed by atoms with Crippen LogP contribution in [0.5, 0.6) is 0 Å². The van der Waals surface area contributed by atoms with Crippen LogP contribution in [-0.2, 0) is 17.1 Å². The molecule has 28 heavy (non-hydrogen) atoms. The number of Topliss-reactive ketones (excluding diaryl/α,β-unsaturated/α-hetero) is 1. The van der Waals surface area contributed by atoms with Crippen molar-refractivity contribution in [2.75, 3.05) is 5.32 Å². The topological polar surface area (TPSA) is 46.2 Å². The summed E-state index contributed by atoms with van der Waals surface area (Å²) in [7, 11) is 0. The van der Waals surface area contributed by atoms with Gasteiger partial charge in [-0.2, -0.15) is 26.3 Å². The molecule has 9 heteroatoms. The monoisotopic (exact) mass is 403 g/mol. The van der Waals surface area contributed by atoms with Crippen molar-refractivity contribution in [2.24, 2.45) is 0 Å². The third kappa shape index (κ3) is 5.83. The minimum atomic E-state index is -5.01. The summed E-state index contributed by atoms with van der Waals surface area (Å²) >= 11 is 0. The van der Waals surface area contributed by atoms with Gasteiger partial charge in [-0.15, -0.1) is 0 Å². The zero-order chi connectivity index (χ0) is 21.1. The van der Waals surface area contributed by atoms with Gasteiger partial charge in [0, 0.05) is 24.1 Å². The maximum Gasteiger partial charge on any atom is 0.416 e. The van der Waals surface area contributed by atoms with Crippen LogP contribution in [0.2, 0.25) is 0 Å². The Morgan fingerprint density at radius 2 is 1.32 bits per heavy atom. The summed E-state index contributed by atoms with van der Waals surface area (Å²) in [5.74, 6) is -1.23. The van der Waals surface area contributed by atoms with Gasteiger partial charge >= 0.3 is 12.4 Å². The molecule has 0 aliphatic heterocycles. The van der Waals surface area contributed by atoms with Gasteiger partial charge in [-0.1, -0.05) is 29.8 Å². The van der Waals surface area contributed by atoms with Crippen molar-refractivity contribution in [3.8, 4) is 0 Å². The molecule has 0 bridgehead atoms. The van der Waals surface area contributed by atoms with Gasteiger partial charge in [0.05, 0.1) is 11.1 Å². The minimum absolute atomic E-state index is 0.0312. The molecule has 0 atom stereocenters. The Bertz CT molecular complexity index is 837. The third-order valence-electron chi connectivity index (χ3n) is 3.82. The highest BCUT2D eigenvalue weighted by Gasteiger charge is 2.37. The van der Waals surface area contributed by atoms with Gasteiger partial charge in [0.2, 0.25) is 5.91 Å². The lowest BCUT2D eigenvalue weighted by atomic mass is 10.0. The van der Waals surface area contributed by atoms with Crippen molar-refractivity contribution in [3.05, 3.63) is 64.7 Å². The largest absolute Gasteiger partial charge is 0.416 e. The molecule has 0 unspecified atom stereocenters. The highest BCUT2D eigenvalue weighted by Crippen LogP contribution is 2.37. The van der Waals surface area contributed by atoms with E-state index < -0.39 is 35.1 Å². The maximum atomic E-state index is 12.8. The summed E-state index contributed by atoms with van der Waals surface area (Å²) in [6.45, 7) is 1.83. The lowest BCUT2D eigenvalue weighted by Gasteiger charge is -2.14. The van der Waals surface area contributed by atoms with Crippen molar-refractivity contribution in [3.63, 3.8) is 0 Å². The number of halogens is 6. The summed E-state index contributed by atoms with van der Waals surface area (Å²) in [5, 5.41) is 1.99. The number of benzene rings is 2. The van der Waals surface area contributed by atoms with E-state index >= 15 is 0 Å². The molecule has 1 amide bonds. The summed E-state index contributed by atoms with van der Waals surface area (Å²) in [6.07, 6.45) is -10.6. The second-order valence-electron chi connectivity index (χ2n) is 6.13. The fraction of sp³-hybridized carbons (Fsp3) is 0.263. The van der Waals surface area contributed by atoms with E-state index in [1.54, 1.807) is 24.3 Å². The molecule has 0 spiro atoms. The van der Waals surface area contributed by atoms with Gasteiger partial charge in [0.1, 0.15) is 0 Å². The molecular formula is C19H15F6NO2. The predicted molar refractivity (Wildman–Crippen MR) is 89.8 cm³/mol. The molecule has 0 aliphatic rings. The number of amides is 1. The molecule has 0 aromatic heterocycles. The molecule has 2 aromatic carbocycles. The first-order valence-electron chi connectivity index (χ1n) is 8.05. The molecule has 1 N–H and O–H groups in total. The Morgan fingerprint density at radius 1 is 0.821 bits per heavy atom. The molecule has 0 aliphatic carbocycles. The summed E-state index contributed by atoms with van der Waals surface area (Å²) in [5.41, 5.74) is -2.42. The van der Waals surface area contributed by atoms with Crippen molar-refractivity contribution < 1.29 is 35.9 Å². The average Bonchev–Trinajstić information content (AvgIpc) is 2.58. The Hall–Kier alpha value is -2.84. The lowest BCUT2D eigenvalue weighted by molar-refractivity contribution is -0.143. The van der Waals surface area contributed by atoms with Crippen LogP contribution in [-0.4, -0.2) is 11.7 Å². The number of carbonyl (C=O) groups excluding carboxylic acids is 2. The van der Waals surface area contributed by atoms with Crippen LogP contribution in [0.1, 0.15) is 39.9 Å². The Balaban J connectivity index is 2.10. The summed E-state index contributed by atoms with van der Waals surface area (Å²) in [6, 6.07) is 7.33. The van der Waals surface area contributed by atoms with Gasteiger partial charge < -0.3 is 5.32 Å². The minimum Gasteiger partial charge on any atom is -0.326 e. The molecule has 0 saturated heterocycles. The zero-order valence-electron chi connectivity index (χ0n) is 14.5. The summed E-state index contributed by atoms with van der Waals surface area (Å²) in [4.78, 5) is 23.9. The van der Waals surface area contributed by atoms with E-state index in [0.717, 1.165) is 5.56 Å². The number of carbonyl (C=O) groups is 2. The summed E-state index contributed by atoms with van der Waals surface area (Å²) < 4.78 is 76.9. The zero-order valence-corrected chi connectivity index (χ0v) is 14.5. The smallest absolute Gasteiger partial charge is 0.326 e. The van der Waals surface area contributed by atoms with Crippen molar-refractivity contribution in [2.45, 2.75) is 32.1 Å². The van der Waals surface area contributed by atoms with Crippen molar-refractivity contribution in [1.82, 2.24) is 0 Å². The van der Waals surface area contributed by atoms with Gasteiger partial charge in [-0.25, -0.2) is 0 Å². The first-order valence-corrected chi connectivity index (χ1v) is 8.05. The Kier molecular flexibility index (Phi) is 6.16. The SMILES string of the molecule is Cc1ccc(C(=O)CCC(=O)Nc2cc(C(F)(F)F)cc(C(F)(F)F)c2)cc1. The van der Waals surface area contributed by atoms with Crippen molar-refractivity contribution >= 4 is 17.4 Å². The molecule has 3 nitrogen and oxygen atoms in total. The first kappa shape index (κ1) is 21.5. The van der Waals surface area contributed by atoms with E-state index in [0.29, 0.717) is 17.7 Å². The number of ketones is 1. The van der Waals surface area contributed by atoms with Gasteiger partial charge in [-0.05, 0) is 25.1 Å². The third-order valence-corrected chi connectivity index (χ3v) is 3.82. The number of alkyl halides is 6. The second kappa shape index (κ2) is 8.04. The van der Waals surface area contributed by atoms with Crippen LogP contribution < -0.4 is 5.32 Å². The van der Waals surface area contributed by atoms with E-state index in [1.807, 2.05) is 12.2 Å². The number of rotatable bonds is 5. The maximum absolute atomic E-state index is 12.8. The standard InChI is InChI=1S/C19H15F6NO2/c1-11-2-4-12(5-3-11)16(27)6-7-17(28)26-15-9-13(18(20,21)22)8-14(10-15)19(23,24)25/h2-5,8-10H,6-7H2,1H3,(H,26,28). The van der Waals surface area contributed by atoms with E-state index in [1.165, 1.54) is 0 Å². The molecular weight excluding hydrogens is 388 g/mol.